The highest BCUT2D eigenvalue weighted by atomic mass is 16.6. The third kappa shape index (κ3) is 4.69. The number of carbonyl (C=O) groups is 2. The quantitative estimate of drug-likeness (QED) is 0.748. The predicted octanol–water partition coefficient (Wildman–Crippen LogP) is 2.98. The van der Waals surface area contributed by atoms with Crippen molar-refractivity contribution >= 4 is 12.1 Å². The molecule has 1 saturated heterocycles. The number of hydrogen-bond donors (Lipinski definition) is 0. The Morgan fingerprint density at radius 1 is 1.20 bits per heavy atom. The van der Waals surface area contributed by atoms with Gasteiger partial charge in [0.15, 0.2) is 0 Å². The molecule has 0 bridgehead atoms. The molecule has 1 rings (SSSR count). The average Bonchev–Trinajstić information content (AvgIpc) is 2.75. The van der Waals surface area contributed by atoms with Crippen LogP contribution in [0.3, 0.4) is 0 Å². The van der Waals surface area contributed by atoms with Gasteiger partial charge < -0.3 is 14.4 Å². The van der Waals surface area contributed by atoms with Crippen molar-refractivity contribution in [1.29, 1.82) is 0 Å². The van der Waals surface area contributed by atoms with E-state index in [1.54, 1.807) is 4.90 Å². The Kier molecular flexibility index (Phi) is 5.05. The summed E-state index contributed by atoms with van der Waals surface area (Å²) in [5.41, 5.74) is -0.977. The van der Waals surface area contributed by atoms with Gasteiger partial charge >= 0.3 is 12.1 Å². The number of esters is 1. The minimum atomic E-state index is -0.504. The molecule has 0 N–H and O–H groups in total. The molecule has 1 heterocycles. The predicted molar refractivity (Wildman–Crippen MR) is 76.4 cm³/mol. The molecule has 0 aromatic rings. The molecule has 0 spiro atoms. The van der Waals surface area contributed by atoms with Gasteiger partial charge in [-0.2, -0.15) is 0 Å². The zero-order valence-electron chi connectivity index (χ0n) is 13.5. The van der Waals surface area contributed by atoms with E-state index in [-0.39, 0.29) is 18.2 Å². The van der Waals surface area contributed by atoms with Crippen molar-refractivity contribution in [2.75, 3.05) is 13.1 Å². The zero-order chi connectivity index (χ0) is 15.6. The van der Waals surface area contributed by atoms with E-state index in [9.17, 15) is 9.59 Å². The van der Waals surface area contributed by atoms with Gasteiger partial charge in [-0.1, -0.05) is 6.92 Å². The van der Waals surface area contributed by atoms with Crippen molar-refractivity contribution in [2.24, 2.45) is 5.41 Å². The van der Waals surface area contributed by atoms with Crippen molar-refractivity contribution in [2.45, 2.75) is 66.1 Å². The number of ether oxygens (including phenoxy) is 2. The number of hydrogen-bond acceptors (Lipinski definition) is 4. The normalized spacial score (nSPS) is 19.9. The summed E-state index contributed by atoms with van der Waals surface area (Å²) in [4.78, 5) is 25.5. The molecule has 20 heavy (non-hydrogen) atoms. The maximum absolute atomic E-state index is 12.0. The first-order chi connectivity index (χ1) is 9.05. The van der Waals surface area contributed by atoms with E-state index in [0.29, 0.717) is 19.5 Å². The standard InChI is InChI=1S/C15H27NO4/c1-7-15(5,6)12(17)19-11-8-9-16(10-11)13(18)20-14(2,3)4/h11H,7-10H2,1-6H3. The van der Waals surface area contributed by atoms with Crippen molar-refractivity contribution in [3.63, 3.8) is 0 Å². The second kappa shape index (κ2) is 6.02. The van der Waals surface area contributed by atoms with E-state index < -0.39 is 11.0 Å². The maximum atomic E-state index is 12.0. The van der Waals surface area contributed by atoms with Gasteiger partial charge in [-0.3, -0.25) is 4.79 Å². The molecular weight excluding hydrogens is 258 g/mol. The van der Waals surface area contributed by atoms with Crippen LogP contribution in [0, 0.1) is 5.41 Å². The molecule has 0 aromatic heterocycles. The van der Waals surface area contributed by atoms with Gasteiger partial charge in [0.05, 0.1) is 12.0 Å². The summed E-state index contributed by atoms with van der Waals surface area (Å²) >= 11 is 0. The lowest BCUT2D eigenvalue weighted by molar-refractivity contribution is -0.159. The van der Waals surface area contributed by atoms with Gasteiger partial charge in [-0.05, 0) is 41.0 Å². The van der Waals surface area contributed by atoms with Gasteiger partial charge in [0.1, 0.15) is 11.7 Å². The highest BCUT2D eigenvalue weighted by Crippen LogP contribution is 2.25. The lowest BCUT2D eigenvalue weighted by Crippen LogP contribution is -2.37. The second-order valence-corrected chi connectivity index (χ2v) is 6.98. The van der Waals surface area contributed by atoms with Crippen LogP contribution in [0.4, 0.5) is 4.79 Å². The summed E-state index contributed by atoms with van der Waals surface area (Å²) in [6.45, 7) is 12.2. The van der Waals surface area contributed by atoms with Crippen molar-refractivity contribution in [3.05, 3.63) is 0 Å². The molecule has 5 nitrogen and oxygen atoms in total. The topological polar surface area (TPSA) is 55.8 Å². The molecule has 1 unspecified atom stereocenters. The highest BCUT2D eigenvalue weighted by molar-refractivity contribution is 5.76. The van der Waals surface area contributed by atoms with Crippen LogP contribution < -0.4 is 0 Å². The third-order valence-corrected chi connectivity index (χ3v) is 3.51. The highest BCUT2D eigenvalue weighted by Gasteiger charge is 2.35. The summed E-state index contributed by atoms with van der Waals surface area (Å²) in [6, 6.07) is 0. The van der Waals surface area contributed by atoms with E-state index in [2.05, 4.69) is 0 Å². The van der Waals surface area contributed by atoms with Gasteiger partial charge in [0.2, 0.25) is 0 Å². The smallest absolute Gasteiger partial charge is 0.410 e. The Balaban J connectivity index is 2.48. The van der Waals surface area contributed by atoms with E-state index in [4.69, 9.17) is 9.47 Å². The molecule has 1 aliphatic heterocycles. The second-order valence-electron chi connectivity index (χ2n) is 6.98. The Bertz CT molecular complexity index is 371. The van der Waals surface area contributed by atoms with Crippen LogP contribution in [0.15, 0.2) is 0 Å². The molecule has 1 fully saturated rings. The first-order valence-electron chi connectivity index (χ1n) is 7.24. The Morgan fingerprint density at radius 2 is 1.80 bits per heavy atom. The number of carbonyl (C=O) groups excluding carboxylic acids is 2. The summed E-state index contributed by atoms with van der Waals surface area (Å²) in [6.07, 6.45) is 0.839. The number of rotatable bonds is 3. The fourth-order valence-corrected chi connectivity index (χ4v) is 1.77. The Morgan fingerprint density at radius 3 is 2.30 bits per heavy atom. The first kappa shape index (κ1) is 16.8. The summed E-state index contributed by atoms with van der Waals surface area (Å²) in [7, 11) is 0. The molecule has 1 aliphatic rings. The summed E-state index contributed by atoms with van der Waals surface area (Å²) < 4.78 is 10.8. The van der Waals surface area contributed by atoms with Crippen LogP contribution >= 0.6 is 0 Å². The lowest BCUT2D eigenvalue weighted by atomic mass is 9.90. The zero-order valence-corrected chi connectivity index (χ0v) is 13.5. The molecular formula is C15H27NO4. The van der Waals surface area contributed by atoms with Crippen molar-refractivity contribution < 1.29 is 19.1 Å². The molecule has 0 aliphatic carbocycles. The van der Waals surface area contributed by atoms with Crippen LogP contribution in [-0.2, 0) is 14.3 Å². The molecule has 0 saturated carbocycles. The molecule has 0 aromatic carbocycles. The minimum Gasteiger partial charge on any atom is -0.460 e. The average molecular weight is 285 g/mol. The number of amides is 1. The van der Waals surface area contributed by atoms with Crippen LogP contribution in [0.1, 0.15) is 54.4 Å². The van der Waals surface area contributed by atoms with Crippen molar-refractivity contribution in [3.8, 4) is 0 Å². The summed E-state index contributed by atoms with van der Waals surface area (Å²) in [5.74, 6) is -0.198. The number of likely N-dealkylation sites (tertiary alicyclic amines) is 1. The first-order valence-corrected chi connectivity index (χ1v) is 7.24. The third-order valence-electron chi connectivity index (χ3n) is 3.51. The summed E-state index contributed by atoms with van der Waals surface area (Å²) in [5, 5.41) is 0. The molecule has 5 heteroatoms. The van der Waals surface area contributed by atoms with Crippen LogP contribution in [-0.4, -0.2) is 41.8 Å². The van der Waals surface area contributed by atoms with Crippen molar-refractivity contribution in [1.82, 2.24) is 4.90 Å². The number of nitrogens with zero attached hydrogens (tertiary/aromatic N) is 1. The maximum Gasteiger partial charge on any atom is 0.410 e. The van der Waals surface area contributed by atoms with Gasteiger partial charge in [-0.15, -0.1) is 0 Å². The molecule has 116 valence electrons. The van der Waals surface area contributed by atoms with Crippen LogP contribution in [0.2, 0.25) is 0 Å². The van der Waals surface area contributed by atoms with Gasteiger partial charge in [0, 0.05) is 13.0 Å². The fraction of sp³-hybridized carbons (Fsp3) is 0.867. The molecule has 1 amide bonds. The largest absolute Gasteiger partial charge is 0.460 e. The molecule has 0 radical (unpaired) electrons. The van der Waals surface area contributed by atoms with Crippen LogP contribution in [0.25, 0.3) is 0 Å². The van der Waals surface area contributed by atoms with Gasteiger partial charge in [0.25, 0.3) is 0 Å². The Labute approximate surface area is 121 Å². The van der Waals surface area contributed by atoms with E-state index >= 15 is 0 Å². The van der Waals surface area contributed by atoms with E-state index in [0.717, 1.165) is 6.42 Å². The minimum absolute atomic E-state index is 0.198. The van der Waals surface area contributed by atoms with E-state index in [1.165, 1.54) is 0 Å². The van der Waals surface area contributed by atoms with E-state index in [1.807, 2.05) is 41.5 Å². The van der Waals surface area contributed by atoms with Crippen LogP contribution in [0.5, 0.6) is 0 Å². The SMILES string of the molecule is CCC(C)(C)C(=O)OC1CCN(C(=O)OC(C)(C)C)C1. The lowest BCUT2D eigenvalue weighted by Gasteiger charge is -2.25. The molecule has 1 atom stereocenters. The fourth-order valence-electron chi connectivity index (χ4n) is 1.77. The Hall–Kier alpha value is -1.26. The monoisotopic (exact) mass is 285 g/mol. The van der Waals surface area contributed by atoms with Gasteiger partial charge in [-0.25, -0.2) is 4.79 Å².